The van der Waals surface area contributed by atoms with Crippen LogP contribution in [0.4, 0.5) is 4.79 Å². The van der Waals surface area contributed by atoms with Crippen LogP contribution in [0.3, 0.4) is 0 Å². The molecule has 0 bridgehead atoms. The number of carbonyl (C=O) groups is 4. The van der Waals surface area contributed by atoms with Gasteiger partial charge < -0.3 is 14.8 Å². The number of esters is 1. The maximum absolute atomic E-state index is 12.2. The molecule has 0 heterocycles. The molecule has 0 aliphatic rings. The van der Waals surface area contributed by atoms with Gasteiger partial charge in [-0.2, -0.15) is 0 Å². The number of alkyl carbamates (subject to hydrolysis) is 1. The molecule has 0 spiro atoms. The molecule has 0 saturated carbocycles. The van der Waals surface area contributed by atoms with Crippen LogP contribution in [0.2, 0.25) is 0 Å². The van der Waals surface area contributed by atoms with Crippen LogP contribution in [0, 0.1) is 0 Å². The third kappa shape index (κ3) is 8.02. The first-order valence-corrected chi connectivity index (χ1v) is 8.97. The van der Waals surface area contributed by atoms with Crippen molar-refractivity contribution in [1.29, 1.82) is 0 Å². The van der Waals surface area contributed by atoms with Gasteiger partial charge in [0.15, 0.2) is 6.61 Å². The lowest BCUT2D eigenvalue weighted by Crippen LogP contribution is -2.34. The molecule has 1 aromatic rings. The fourth-order valence-electron chi connectivity index (χ4n) is 1.79. The van der Waals surface area contributed by atoms with E-state index in [1.165, 1.54) is 17.8 Å². The standard InChI is InChI=1S/C17H22N2O6S/c1-4-24-17(23)19-14(20)9-25-16(22)12-7-5-6-8-13(12)26-10-15(21)18-11(2)3/h5-8,11H,4,9-10H2,1-3H3,(H,18,21)(H,19,20,23). The summed E-state index contributed by atoms with van der Waals surface area (Å²) in [5, 5.41) is 4.68. The number of ether oxygens (including phenoxy) is 2. The largest absolute Gasteiger partial charge is 0.452 e. The molecule has 0 fully saturated rings. The summed E-state index contributed by atoms with van der Waals surface area (Å²) in [6.07, 6.45) is -0.902. The van der Waals surface area contributed by atoms with Crippen molar-refractivity contribution in [3.05, 3.63) is 29.8 Å². The first kappa shape index (κ1) is 21.5. The third-order valence-corrected chi connectivity index (χ3v) is 3.84. The third-order valence-electron chi connectivity index (χ3n) is 2.77. The van der Waals surface area contributed by atoms with Gasteiger partial charge in [0, 0.05) is 10.9 Å². The molecule has 0 aromatic heterocycles. The van der Waals surface area contributed by atoms with E-state index in [1.54, 1.807) is 25.1 Å². The molecule has 0 aliphatic heterocycles. The lowest BCUT2D eigenvalue weighted by molar-refractivity contribution is -0.123. The van der Waals surface area contributed by atoms with E-state index < -0.39 is 24.6 Å². The summed E-state index contributed by atoms with van der Waals surface area (Å²) in [6.45, 7) is 4.81. The van der Waals surface area contributed by atoms with Gasteiger partial charge in [0.1, 0.15) is 0 Å². The average Bonchev–Trinajstić information content (AvgIpc) is 2.57. The van der Waals surface area contributed by atoms with Crippen molar-refractivity contribution in [2.75, 3.05) is 19.0 Å². The Labute approximate surface area is 156 Å². The van der Waals surface area contributed by atoms with E-state index in [9.17, 15) is 19.2 Å². The zero-order chi connectivity index (χ0) is 19.5. The van der Waals surface area contributed by atoms with Gasteiger partial charge in [-0.3, -0.25) is 14.9 Å². The highest BCUT2D eigenvalue weighted by Crippen LogP contribution is 2.23. The number of benzene rings is 1. The molecule has 3 amide bonds. The number of nitrogens with one attached hydrogen (secondary N) is 2. The van der Waals surface area contributed by atoms with Gasteiger partial charge in [0.05, 0.1) is 17.9 Å². The number of hydrogen-bond donors (Lipinski definition) is 2. The van der Waals surface area contributed by atoms with Gasteiger partial charge in [-0.05, 0) is 32.9 Å². The summed E-state index contributed by atoms with van der Waals surface area (Å²) in [5.74, 6) is -1.53. The Kier molecular flexibility index (Phi) is 9.21. The van der Waals surface area contributed by atoms with Crippen molar-refractivity contribution in [3.8, 4) is 0 Å². The van der Waals surface area contributed by atoms with E-state index >= 15 is 0 Å². The maximum Gasteiger partial charge on any atom is 0.413 e. The minimum absolute atomic E-state index is 0.0289. The molecule has 0 unspecified atom stereocenters. The molecular formula is C17H22N2O6S. The van der Waals surface area contributed by atoms with E-state index in [0.29, 0.717) is 4.90 Å². The van der Waals surface area contributed by atoms with Crippen LogP contribution in [-0.4, -0.2) is 48.9 Å². The van der Waals surface area contributed by atoms with E-state index in [1.807, 2.05) is 19.2 Å². The van der Waals surface area contributed by atoms with E-state index in [4.69, 9.17) is 4.74 Å². The molecule has 0 saturated heterocycles. The molecule has 9 heteroatoms. The summed E-state index contributed by atoms with van der Waals surface area (Å²) in [4.78, 5) is 47.1. The minimum Gasteiger partial charge on any atom is -0.452 e. The van der Waals surface area contributed by atoms with Gasteiger partial charge in [0.2, 0.25) is 5.91 Å². The van der Waals surface area contributed by atoms with Crippen LogP contribution in [0.15, 0.2) is 29.2 Å². The highest BCUT2D eigenvalue weighted by atomic mass is 32.2. The summed E-state index contributed by atoms with van der Waals surface area (Å²) in [6, 6.07) is 6.62. The highest BCUT2D eigenvalue weighted by Gasteiger charge is 2.16. The molecule has 0 radical (unpaired) electrons. The predicted octanol–water partition coefficient (Wildman–Crippen LogP) is 1.73. The first-order valence-electron chi connectivity index (χ1n) is 7.98. The molecule has 1 rings (SSSR count). The Morgan fingerprint density at radius 3 is 2.42 bits per heavy atom. The van der Waals surface area contributed by atoms with Crippen LogP contribution in [-0.2, 0) is 19.1 Å². The van der Waals surface area contributed by atoms with Crippen molar-refractivity contribution in [2.24, 2.45) is 0 Å². The topological polar surface area (TPSA) is 111 Å². The summed E-state index contributed by atoms with van der Waals surface area (Å²) >= 11 is 1.19. The fraction of sp³-hybridized carbons (Fsp3) is 0.412. The van der Waals surface area contributed by atoms with Crippen LogP contribution in [0.25, 0.3) is 0 Å². The number of hydrogen-bond acceptors (Lipinski definition) is 7. The molecule has 2 N–H and O–H groups in total. The molecule has 0 aliphatic carbocycles. The Morgan fingerprint density at radius 2 is 1.77 bits per heavy atom. The van der Waals surface area contributed by atoms with Gasteiger partial charge in [-0.1, -0.05) is 12.1 Å². The Bertz CT molecular complexity index is 662. The second kappa shape index (κ2) is 11.1. The van der Waals surface area contributed by atoms with Crippen LogP contribution in [0.1, 0.15) is 31.1 Å². The SMILES string of the molecule is CCOC(=O)NC(=O)COC(=O)c1ccccc1SCC(=O)NC(C)C. The maximum atomic E-state index is 12.2. The number of rotatable bonds is 8. The fourth-order valence-corrected chi connectivity index (χ4v) is 2.65. The van der Waals surface area contributed by atoms with Crippen molar-refractivity contribution in [1.82, 2.24) is 10.6 Å². The van der Waals surface area contributed by atoms with Gasteiger partial charge >= 0.3 is 12.1 Å². The van der Waals surface area contributed by atoms with Crippen molar-refractivity contribution >= 4 is 35.6 Å². The Balaban J connectivity index is 2.59. The van der Waals surface area contributed by atoms with Gasteiger partial charge in [0.25, 0.3) is 5.91 Å². The van der Waals surface area contributed by atoms with E-state index in [-0.39, 0.29) is 29.9 Å². The summed E-state index contributed by atoms with van der Waals surface area (Å²) in [7, 11) is 0. The Morgan fingerprint density at radius 1 is 1.08 bits per heavy atom. The summed E-state index contributed by atoms with van der Waals surface area (Å²) in [5.41, 5.74) is 0.235. The lowest BCUT2D eigenvalue weighted by atomic mass is 10.2. The monoisotopic (exact) mass is 382 g/mol. The second-order valence-electron chi connectivity index (χ2n) is 5.35. The molecular weight excluding hydrogens is 360 g/mol. The van der Waals surface area contributed by atoms with E-state index in [2.05, 4.69) is 10.1 Å². The number of imide groups is 1. The zero-order valence-corrected chi connectivity index (χ0v) is 15.7. The number of thioether (sulfide) groups is 1. The average molecular weight is 382 g/mol. The van der Waals surface area contributed by atoms with Crippen molar-refractivity contribution in [2.45, 2.75) is 31.7 Å². The highest BCUT2D eigenvalue weighted by molar-refractivity contribution is 8.00. The van der Waals surface area contributed by atoms with Crippen LogP contribution < -0.4 is 10.6 Å². The first-order chi connectivity index (χ1) is 12.3. The van der Waals surface area contributed by atoms with Crippen LogP contribution >= 0.6 is 11.8 Å². The zero-order valence-electron chi connectivity index (χ0n) is 14.9. The Hall–Kier alpha value is -2.55. The molecule has 26 heavy (non-hydrogen) atoms. The van der Waals surface area contributed by atoms with Crippen LogP contribution in [0.5, 0.6) is 0 Å². The second-order valence-corrected chi connectivity index (χ2v) is 6.37. The molecule has 0 atom stereocenters. The number of carbonyl (C=O) groups excluding carboxylic acids is 4. The molecule has 142 valence electrons. The smallest absolute Gasteiger partial charge is 0.413 e. The van der Waals surface area contributed by atoms with Gasteiger partial charge in [-0.15, -0.1) is 11.8 Å². The van der Waals surface area contributed by atoms with Gasteiger partial charge in [-0.25, -0.2) is 9.59 Å². The quantitative estimate of drug-likeness (QED) is 0.520. The molecule has 8 nitrogen and oxygen atoms in total. The number of amides is 3. The summed E-state index contributed by atoms with van der Waals surface area (Å²) < 4.78 is 9.46. The van der Waals surface area contributed by atoms with Crippen molar-refractivity contribution in [3.63, 3.8) is 0 Å². The minimum atomic E-state index is -0.902. The van der Waals surface area contributed by atoms with E-state index in [0.717, 1.165) is 0 Å². The van der Waals surface area contributed by atoms with Crippen molar-refractivity contribution < 1.29 is 28.7 Å². The molecule has 1 aromatic carbocycles. The predicted molar refractivity (Wildman–Crippen MR) is 95.9 cm³/mol. The lowest BCUT2D eigenvalue weighted by Gasteiger charge is -2.11. The normalized spacial score (nSPS) is 10.2.